The Kier molecular flexibility index (Phi) is 9.23. The Morgan fingerprint density at radius 1 is 1.27 bits per heavy atom. The number of carbonyl (C=O) groups excluding carboxylic acids is 1. The molecule has 1 aliphatic rings. The summed E-state index contributed by atoms with van der Waals surface area (Å²) in [5.74, 6) is 0.731. The maximum Gasteiger partial charge on any atom is 0.246 e. The van der Waals surface area contributed by atoms with Crippen LogP contribution in [-0.2, 0) is 22.4 Å². The van der Waals surface area contributed by atoms with E-state index in [0.717, 1.165) is 22.4 Å². The van der Waals surface area contributed by atoms with Gasteiger partial charge in [0.05, 0.1) is 18.9 Å². The third-order valence-electron chi connectivity index (χ3n) is 5.91. The average Bonchev–Trinajstić information content (AvgIpc) is 2.84. The number of aliphatic hydroxyl groups is 1. The van der Waals surface area contributed by atoms with Crippen molar-refractivity contribution in [1.82, 2.24) is 14.9 Å². The highest BCUT2D eigenvalue weighted by Gasteiger charge is 2.17. The number of aryl methyl sites for hydroxylation is 1. The van der Waals surface area contributed by atoms with Crippen molar-refractivity contribution in [2.24, 2.45) is 0 Å². The third-order valence-corrected chi connectivity index (χ3v) is 6.08. The van der Waals surface area contributed by atoms with Crippen molar-refractivity contribution in [3.8, 4) is 0 Å². The molecule has 2 N–H and O–H groups in total. The molecule has 2 unspecified atom stereocenters. The minimum absolute atomic E-state index is 0.0103. The molecule has 1 aromatic heterocycles. The van der Waals surface area contributed by atoms with Crippen LogP contribution in [0.15, 0.2) is 36.4 Å². The number of hydrogen-bond acceptors (Lipinski definition) is 6. The van der Waals surface area contributed by atoms with Crippen LogP contribution in [0.25, 0.3) is 0 Å². The highest BCUT2D eigenvalue weighted by Crippen LogP contribution is 2.27. The summed E-state index contributed by atoms with van der Waals surface area (Å²) < 4.78 is 5.31. The van der Waals surface area contributed by atoms with Crippen LogP contribution < -0.4 is 5.32 Å². The molecule has 2 atom stereocenters. The number of anilines is 1. The van der Waals surface area contributed by atoms with E-state index < -0.39 is 0 Å². The Morgan fingerprint density at radius 3 is 2.70 bits per heavy atom. The Morgan fingerprint density at radius 2 is 2.00 bits per heavy atom. The number of allylic oxidation sites excluding steroid dienone is 1. The summed E-state index contributed by atoms with van der Waals surface area (Å²) in [6.45, 7) is 8.58. The first-order valence-electron chi connectivity index (χ1n) is 11.5. The van der Waals surface area contributed by atoms with Gasteiger partial charge in [0.25, 0.3) is 0 Å². The molecular formula is C25H33ClN4O3. The first-order chi connectivity index (χ1) is 15.9. The predicted molar refractivity (Wildman–Crippen MR) is 131 cm³/mol. The van der Waals surface area contributed by atoms with Gasteiger partial charge in [-0.3, -0.25) is 4.79 Å². The fourth-order valence-corrected chi connectivity index (χ4v) is 4.01. The van der Waals surface area contributed by atoms with Crippen LogP contribution in [0.1, 0.15) is 55.1 Å². The number of morpholine rings is 1. The Hall–Kier alpha value is -2.48. The molecule has 1 saturated heterocycles. The van der Waals surface area contributed by atoms with E-state index in [1.54, 1.807) is 11.0 Å². The molecule has 178 valence electrons. The minimum atomic E-state index is -0.0378. The number of nitrogens with zero attached hydrogens (tertiary/aromatic N) is 3. The average molecular weight is 473 g/mol. The van der Waals surface area contributed by atoms with Gasteiger partial charge in [0.2, 0.25) is 11.2 Å². The summed E-state index contributed by atoms with van der Waals surface area (Å²) in [5, 5.41) is 13.2. The van der Waals surface area contributed by atoms with E-state index in [2.05, 4.69) is 34.3 Å². The smallest absolute Gasteiger partial charge is 0.246 e. The maximum absolute atomic E-state index is 12.5. The summed E-state index contributed by atoms with van der Waals surface area (Å²) in [7, 11) is 0. The van der Waals surface area contributed by atoms with Crippen molar-refractivity contribution in [2.75, 3.05) is 38.2 Å². The van der Waals surface area contributed by atoms with E-state index in [1.807, 2.05) is 32.1 Å². The monoisotopic (exact) mass is 472 g/mol. The van der Waals surface area contributed by atoms with Gasteiger partial charge in [-0.2, -0.15) is 0 Å². The first-order valence-corrected chi connectivity index (χ1v) is 11.9. The standard InChI is InChI=1S/C25H33ClN4O3/c1-4-22-21(9-6-10-23(32)30-11-13-33-14-12-30)24(29-25(26)28-22)27-18(3)20-8-5-7-19(15-20)17(2)16-31/h5-8,10,15,17-18,31H,4,9,11-14,16H2,1-3H3,(H,27,28,29)/b10-6+. The van der Waals surface area contributed by atoms with E-state index in [0.29, 0.717) is 45.0 Å². The van der Waals surface area contributed by atoms with E-state index in [4.69, 9.17) is 16.3 Å². The molecule has 1 amide bonds. The van der Waals surface area contributed by atoms with Crippen molar-refractivity contribution in [3.63, 3.8) is 0 Å². The number of nitrogens with one attached hydrogen (secondary N) is 1. The number of benzene rings is 1. The number of ether oxygens (including phenoxy) is 1. The SMILES string of the molecule is CCc1nc(Cl)nc(NC(C)c2cccc(C(C)CO)c2)c1C/C=C/C(=O)N1CCOCC1. The lowest BCUT2D eigenvalue weighted by molar-refractivity contribution is -0.129. The topological polar surface area (TPSA) is 87.6 Å². The quantitative estimate of drug-likeness (QED) is 0.425. The lowest BCUT2D eigenvalue weighted by Crippen LogP contribution is -2.39. The molecule has 2 heterocycles. The fourth-order valence-electron chi connectivity index (χ4n) is 3.82. The van der Waals surface area contributed by atoms with E-state index in [-0.39, 0.29) is 29.8 Å². The number of halogens is 1. The first kappa shape index (κ1) is 25.1. The zero-order chi connectivity index (χ0) is 23.8. The Bertz CT molecular complexity index is 976. The van der Waals surface area contributed by atoms with Crippen molar-refractivity contribution in [1.29, 1.82) is 0 Å². The molecule has 0 spiro atoms. The van der Waals surface area contributed by atoms with Crippen LogP contribution in [0.3, 0.4) is 0 Å². The molecule has 1 aromatic carbocycles. The largest absolute Gasteiger partial charge is 0.396 e. The Labute approximate surface area is 200 Å². The summed E-state index contributed by atoms with van der Waals surface area (Å²) >= 11 is 6.22. The fraction of sp³-hybridized carbons (Fsp3) is 0.480. The van der Waals surface area contributed by atoms with Gasteiger partial charge < -0.3 is 20.1 Å². The zero-order valence-electron chi connectivity index (χ0n) is 19.6. The summed E-state index contributed by atoms with van der Waals surface area (Å²) in [4.78, 5) is 23.1. The molecule has 1 fully saturated rings. The van der Waals surface area contributed by atoms with Gasteiger partial charge in [0.1, 0.15) is 5.82 Å². The lowest BCUT2D eigenvalue weighted by atomic mass is 9.97. The third kappa shape index (κ3) is 6.76. The second-order valence-electron chi connectivity index (χ2n) is 8.28. The maximum atomic E-state index is 12.5. The van der Waals surface area contributed by atoms with Crippen molar-refractivity contribution in [3.05, 3.63) is 64.1 Å². The number of rotatable bonds is 9. The minimum Gasteiger partial charge on any atom is -0.396 e. The summed E-state index contributed by atoms with van der Waals surface area (Å²) in [6.07, 6.45) is 4.71. The normalized spacial score (nSPS) is 16.1. The molecule has 0 radical (unpaired) electrons. The van der Waals surface area contributed by atoms with Gasteiger partial charge in [-0.05, 0) is 48.6 Å². The zero-order valence-corrected chi connectivity index (χ0v) is 20.3. The number of carbonyl (C=O) groups is 1. The number of aliphatic hydroxyl groups excluding tert-OH is 1. The summed E-state index contributed by atoms with van der Waals surface area (Å²) in [5.41, 5.74) is 3.96. The molecule has 7 nitrogen and oxygen atoms in total. The molecule has 8 heteroatoms. The molecule has 0 saturated carbocycles. The highest BCUT2D eigenvalue weighted by atomic mass is 35.5. The van der Waals surface area contributed by atoms with Crippen LogP contribution in [0.4, 0.5) is 5.82 Å². The van der Waals surface area contributed by atoms with Crippen molar-refractivity contribution in [2.45, 2.75) is 45.6 Å². The number of hydrogen-bond donors (Lipinski definition) is 2. The van der Waals surface area contributed by atoms with Crippen LogP contribution >= 0.6 is 11.6 Å². The molecule has 0 bridgehead atoms. The molecule has 2 aromatic rings. The second kappa shape index (κ2) is 12.1. The summed E-state index contributed by atoms with van der Waals surface area (Å²) in [6, 6.07) is 8.14. The van der Waals surface area contributed by atoms with Gasteiger partial charge in [-0.25, -0.2) is 9.97 Å². The molecule has 33 heavy (non-hydrogen) atoms. The van der Waals surface area contributed by atoms with Crippen molar-refractivity contribution >= 4 is 23.3 Å². The lowest BCUT2D eigenvalue weighted by Gasteiger charge is -2.25. The predicted octanol–water partition coefficient (Wildman–Crippen LogP) is 3.92. The van der Waals surface area contributed by atoms with Crippen LogP contribution in [0.5, 0.6) is 0 Å². The number of aromatic nitrogens is 2. The molecular weight excluding hydrogens is 440 g/mol. The van der Waals surface area contributed by atoms with E-state index in [9.17, 15) is 9.90 Å². The van der Waals surface area contributed by atoms with Gasteiger partial charge in [0, 0.05) is 37.2 Å². The number of amides is 1. The van der Waals surface area contributed by atoms with Gasteiger partial charge in [0.15, 0.2) is 0 Å². The molecule has 1 aliphatic heterocycles. The highest BCUT2D eigenvalue weighted by molar-refractivity contribution is 6.28. The van der Waals surface area contributed by atoms with Crippen LogP contribution in [-0.4, -0.2) is 58.8 Å². The molecule has 3 rings (SSSR count). The molecule has 0 aliphatic carbocycles. The second-order valence-corrected chi connectivity index (χ2v) is 8.62. The van der Waals surface area contributed by atoms with Crippen LogP contribution in [0, 0.1) is 0 Å². The van der Waals surface area contributed by atoms with Gasteiger partial charge in [-0.1, -0.05) is 44.2 Å². The van der Waals surface area contributed by atoms with Crippen molar-refractivity contribution < 1.29 is 14.6 Å². The van der Waals surface area contributed by atoms with E-state index >= 15 is 0 Å². The van der Waals surface area contributed by atoms with Crippen LogP contribution in [0.2, 0.25) is 5.28 Å². The Balaban J connectivity index is 1.79. The van der Waals surface area contributed by atoms with Gasteiger partial charge >= 0.3 is 0 Å². The van der Waals surface area contributed by atoms with Gasteiger partial charge in [-0.15, -0.1) is 0 Å². The van der Waals surface area contributed by atoms with E-state index in [1.165, 1.54) is 0 Å².